The molecule has 0 fully saturated rings. The Morgan fingerprint density at radius 3 is 2.84 bits per heavy atom. The Labute approximate surface area is 112 Å². The van der Waals surface area contributed by atoms with Gasteiger partial charge < -0.3 is 20.8 Å². The van der Waals surface area contributed by atoms with Crippen molar-refractivity contribution in [2.75, 3.05) is 13.1 Å². The van der Waals surface area contributed by atoms with Crippen LogP contribution < -0.4 is 10.6 Å². The molecular formula is C13H21N3O3. The number of aliphatic hydroxyl groups is 1. The van der Waals surface area contributed by atoms with Crippen molar-refractivity contribution in [3.63, 3.8) is 0 Å². The van der Waals surface area contributed by atoms with E-state index >= 15 is 0 Å². The highest BCUT2D eigenvalue weighted by Crippen LogP contribution is 2.23. The van der Waals surface area contributed by atoms with Crippen molar-refractivity contribution in [3.8, 4) is 5.75 Å². The van der Waals surface area contributed by atoms with Crippen LogP contribution in [0.4, 0.5) is 0 Å². The van der Waals surface area contributed by atoms with Crippen molar-refractivity contribution in [1.29, 1.82) is 0 Å². The summed E-state index contributed by atoms with van der Waals surface area (Å²) in [7, 11) is 0. The molecule has 0 atom stereocenters. The summed E-state index contributed by atoms with van der Waals surface area (Å²) < 4.78 is 0. The highest BCUT2D eigenvalue weighted by Gasteiger charge is 2.11. The number of aliphatic hydroxyl groups excluding tert-OH is 1. The van der Waals surface area contributed by atoms with Gasteiger partial charge in [0.15, 0.2) is 0 Å². The number of rotatable bonds is 7. The van der Waals surface area contributed by atoms with Gasteiger partial charge in [0, 0.05) is 30.4 Å². The van der Waals surface area contributed by atoms with Crippen molar-refractivity contribution < 1.29 is 15.0 Å². The van der Waals surface area contributed by atoms with Crippen molar-refractivity contribution >= 4 is 5.91 Å². The largest absolute Gasteiger partial charge is 0.506 e. The van der Waals surface area contributed by atoms with Crippen LogP contribution in [0.2, 0.25) is 0 Å². The van der Waals surface area contributed by atoms with Gasteiger partial charge in [-0.3, -0.25) is 9.78 Å². The van der Waals surface area contributed by atoms with Crippen LogP contribution in [0.3, 0.4) is 0 Å². The highest BCUT2D eigenvalue weighted by atomic mass is 16.3. The monoisotopic (exact) mass is 267 g/mol. The molecule has 1 heterocycles. The Kier molecular flexibility index (Phi) is 6.24. The fraction of sp³-hybridized carbons (Fsp3) is 0.538. The predicted molar refractivity (Wildman–Crippen MR) is 71.6 cm³/mol. The minimum atomic E-state index is -0.195. The summed E-state index contributed by atoms with van der Waals surface area (Å²) in [5.74, 6) is -0.0225. The summed E-state index contributed by atoms with van der Waals surface area (Å²) >= 11 is 0. The van der Waals surface area contributed by atoms with Crippen LogP contribution in [0.15, 0.2) is 6.20 Å². The number of nitrogens with zero attached hydrogens (tertiary/aromatic N) is 1. The number of amides is 1. The molecule has 0 spiro atoms. The van der Waals surface area contributed by atoms with E-state index in [-0.39, 0.29) is 24.8 Å². The lowest BCUT2D eigenvalue weighted by Crippen LogP contribution is -2.34. The van der Waals surface area contributed by atoms with Gasteiger partial charge in [0.25, 0.3) is 0 Å². The van der Waals surface area contributed by atoms with Crippen LogP contribution in [0, 0.1) is 6.92 Å². The number of hydrogen-bond donors (Lipinski definition) is 4. The van der Waals surface area contributed by atoms with Crippen LogP contribution in [-0.2, 0) is 17.9 Å². The van der Waals surface area contributed by atoms with E-state index in [1.807, 2.05) is 6.92 Å². The molecule has 0 radical (unpaired) electrons. The van der Waals surface area contributed by atoms with E-state index in [2.05, 4.69) is 15.6 Å². The number of pyridine rings is 1. The molecule has 0 aliphatic carbocycles. The Hall–Kier alpha value is -1.66. The third kappa shape index (κ3) is 4.50. The lowest BCUT2D eigenvalue weighted by Gasteiger charge is -2.12. The van der Waals surface area contributed by atoms with Crippen LogP contribution in [-0.4, -0.2) is 34.2 Å². The van der Waals surface area contributed by atoms with Gasteiger partial charge in [-0.15, -0.1) is 0 Å². The van der Waals surface area contributed by atoms with Crippen molar-refractivity contribution in [1.82, 2.24) is 15.6 Å². The Morgan fingerprint density at radius 1 is 1.47 bits per heavy atom. The Morgan fingerprint density at radius 2 is 2.21 bits per heavy atom. The minimum Gasteiger partial charge on any atom is -0.506 e. The minimum absolute atomic E-state index is 0.0630. The van der Waals surface area contributed by atoms with E-state index < -0.39 is 0 Å². The standard InChI is InChI=1S/C13H21N3O3/c1-3-4-15-12(18)7-14-6-11-10(8-17)5-16-9(2)13(11)19/h5,14,17,19H,3-4,6-8H2,1-2H3,(H,15,18). The molecule has 0 bridgehead atoms. The number of hydrogen-bond acceptors (Lipinski definition) is 5. The fourth-order valence-electron chi connectivity index (χ4n) is 1.65. The second-order valence-electron chi connectivity index (χ2n) is 4.31. The summed E-state index contributed by atoms with van der Waals surface area (Å²) in [6, 6.07) is 0. The van der Waals surface area contributed by atoms with Crippen molar-refractivity contribution in [3.05, 3.63) is 23.0 Å². The van der Waals surface area contributed by atoms with E-state index in [0.717, 1.165) is 6.42 Å². The molecule has 1 amide bonds. The first kappa shape index (κ1) is 15.4. The molecule has 6 nitrogen and oxygen atoms in total. The predicted octanol–water partition coefficient (Wildman–Crippen LogP) is 0.204. The highest BCUT2D eigenvalue weighted by molar-refractivity contribution is 5.77. The summed E-state index contributed by atoms with van der Waals surface area (Å²) in [4.78, 5) is 15.4. The summed E-state index contributed by atoms with van der Waals surface area (Å²) in [6.07, 6.45) is 2.42. The molecule has 0 saturated heterocycles. The Balaban J connectivity index is 2.57. The SMILES string of the molecule is CCCNC(=O)CNCc1c(CO)cnc(C)c1O. The van der Waals surface area contributed by atoms with Gasteiger partial charge in [0.2, 0.25) is 5.91 Å². The van der Waals surface area contributed by atoms with Crippen LogP contribution in [0.5, 0.6) is 5.75 Å². The molecular weight excluding hydrogens is 246 g/mol. The van der Waals surface area contributed by atoms with Gasteiger partial charge in [-0.1, -0.05) is 6.92 Å². The molecule has 19 heavy (non-hydrogen) atoms. The molecule has 1 aromatic rings. The third-order valence-electron chi connectivity index (χ3n) is 2.76. The maximum absolute atomic E-state index is 11.4. The number of carbonyl (C=O) groups is 1. The van der Waals surface area contributed by atoms with Gasteiger partial charge in [-0.05, 0) is 13.3 Å². The molecule has 0 aromatic carbocycles. The van der Waals surface area contributed by atoms with Crippen molar-refractivity contribution in [2.45, 2.75) is 33.4 Å². The zero-order chi connectivity index (χ0) is 14.3. The maximum Gasteiger partial charge on any atom is 0.233 e. The molecule has 0 aliphatic heterocycles. The number of aromatic hydroxyl groups is 1. The topological polar surface area (TPSA) is 94.5 Å². The zero-order valence-corrected chi connectivity index (χ0v) is 11.4. The molecule has 6 heteroatoms. The smallest absolute Gasteiger partial charge is 0.233 e. The lowest BCUT2D eigenvalue weighted by molar-refractivity contribution is -0.120. The number of nitrogens with one attached hydrogen (secondary N) is 2. The fourth-order valence-corrected chi connectivity index (χ4v) is 1.65. The molecule has 1 rings (SSSR count). The first-order chi connectivity index (χ1) is 9.10. The van der Waals surface area contributed by atoms with Crippen LogP contribution >= 0.6 is 0 Å². The summed E-state index contributed by atoms with van der Waals surface area (Å²) in [6.45, 7) is 4.62. The second-order valence-corrected chi connectivity index (χ2v) is 4.31. The first-order valence-electron chi connectivity index (χ1n) is 6.34. The van der Waals surface area contributed by atoms with E-state index in [4.69, 9.17) is 0 Å². The molecule has 4 N–H and O–H groups in total. The van der Waals surface area contributed by atoms with Gasteiger partial charge in [0.1, 0.15) is 5.75 Å². The van der Waals surface area contributed by atoms with Crippen LogP contribution in [0.25, 0.3) is 0 Å². The average Bonchev–Trinajstić information content (AvgIpc) is 2.41. The number of aryl methyl sites for hydroxylation is 1. The van der Waals surface area contributed by atoms with E-state index in [1.165, 1.54) is 6.20 Å². The molecule has 0 saturated carbocycles. The maximum atomic E-state index is 11.4. The molecule has 0 unspecified atom stereocenters. The average molecular weight is 267 g/mol. The van der Waals surface area contributed by atoms with Gasteiger partial charge >= 0.3 is 0 Å². The van der Waals surface area contributed by atoms with Gasteiger partial charge in [-0.25, -0.2) is 0 Å². The third-order valence-corrected chi connectivity index (χ3v) is 2.76. The molecule has 106 valence electrons. The van der Waals surface area contributed by atoms with E-state index in [9.17, 15) is 15.0 Å². The number of aromatic nitrogens is 1. The van der Waals surface area contributed by atoms with Crippen molar-refractivity contribution in [2.24, 2.45) is 0 Å². The summed E-state index contributed by atoms with van der Waals surface area (Å²) in [5.41, 5.74) is 1.65. The zero-order valence-electron chi connectivity index (χ0n) is 11.4. The Bertz CT molecular complexity index is 435. The lowest BCUT2D eigenvalue weighted by atomic mass is 10.1. The molecule has 0 aliphatic rings. The van der Waals surface area contributed by atoms with E-state index in [0.29, 0.717) is 29.9 Å². The first-order valence-corrected chi connectivity index (χ1v) is 6.34. The van der Waals surface area contributed by atoms with E-state index in [1.54, 1.807) is 6.92 Å². The molecule has 1 aromatic heterocycles. The van der Waals surface area contributed by atoms with Gasteiger partial charge in [-0.2, -0.15) is 0 Å². The van der Waals surface area contributed by atoms with Gasteiger partial charge in [0.05, 0.1) is 18.8 Å². The second kappa shape index (κ2) is 7.70. The quantitative estimate of drug-likeness (QED) is 0.566. The normalized spacial score (nSPS) is 10.5. The number of carbonyl (C=O) groups excluding carboxylic acids is 1. The van der Waals surface area contributed by atoms with Crippen LogP contribution in [0.1, 0.15) is 30.2 Å². The summed E-state index contributed by atoms with van der Waals surface area (Å²) in [5, 5.41) is 24.8.